The van der Waals surface area contributed by atoms with Crippen molar-refractivity contribution in [3.05, 3.63) is 63.6 Å². The summed E-state index contributed by atoms with van der Waals surface area (Å²) in [4.78, 5) is 0. The van der Waals surface area contributed by atoms with Gasteiger partial charge in [-0.1, -0.05) is 28.1 Å². The predicted octanol–water partition coefficient (Wildman–Crippen LogP) is 4.92. The van der Waals surface area contributed by atoms with Gasteiger partial charge in [0.1, 0.15) is 18.4 Å². The Labute approximate surface area is 127 Å². The van der Waals surface area contributed by atoms with Gasteiger partial charge in [0.15, 0.2) is 0 Å². The Bertz CT molecular complexity index is 675. The van der Waals surface area contributed by atoms with Crippen molar-refractivity contribution in [2.24, 2.45) is 0 Å². The van der Waals surface area contributed by atoms with Gasteiger partial charge in [0.05, 0.1) is 11.1 Å². The zero-order chi connectivity index (χ0) is 15.5. The van der Waals surface area contributed by atoms with Crippen molar-refractivity contribution in [3.63, 3.8) is 0 Å². The maximum absolute atomic E-state index is 12.4. The van der Waals surface area contributed by atoms with Crippen LogP contribution in [-0.4, -0.2) is 0 Å². The standard InChI is InChI=1S/C15H9BrF3NO/c16-13-5-6-14(11(7-13)8-20)21-9-10-1-3-12(4-2-10)15(17,18)19/h1-7H,9H2. The van der Waals surface area contributed by atoms with E-state index in [9.17, 15) is 13.2 Å². The SMILES string of the molecule is N#Cc1cc(Br)ccc1OCc1ccc(C(F)(F)F)cc1. The number of hydrogen-bond donors (Lipinski definition) is 0. The van der Waals surface area contributed by atoms with Gasteiger partial charge in [-0.2, -0.15) is 18.4 Å². The number of halogens is 4. The minimum absolute atomic E-state index is 0.0917. The number of alkyl halides is 3. The fourth-order valence-corrected chi connectivity index (χ4v) is 2.03. The fraction of sp³-hybridized carbons (Fsp3) is 0.133. The summed E-state index contributed by atoms with van der Waals surface area (Å²) in [5, 5.41) is 8.99. The summed E-state index contributed by atoms with van der Waals surface area (Å²) in [6.07, 6.45) is -4.35. The van der Waals surface area contributed by atoms with Gasteiger partial charge in [-0.25, -0.2) is 0 Å². The zero-order valence-electron chi connectivity index (χ0n) is 10.6. The van der Waals surface area contributed by atoms with Crippen LogP contribution in [-0.2, 0) is 12.8 Å². The molecule has 21 heavy (non-hydrogen) atoms. The van der Waals surface area contributed by atoms with E-state index in [4.69, 9.17) is 10.00 Å². The maximum atomic E-state index is 12.4. The fourth-order valence-electron chi connectivity index (χ4n) is 1.67. The lowest BCUT2D eigenvalue weighted by Crippen LogP contribution is -2.05. The Kier molecular flexibility index (Phi) is 4.53. The number of nitriles is 1. The summed E-state index contributed by atoms with van der Waals surface area (Å²) >= 11 is 3.25. The van der Waals surface area contributed by atoms with E-state index < -0.39 is 11.7 Å². The second-order valence-corrected chi connectivity index (χ2v) is 5.15. The van der Waals surface area contributed by atoms with E-state index in [2.05, 4.69) is 15.9 Å². The number of ether oxygens (including phenoxy) is 1. The normalized spacial score (nSPS) is 11.0. The van der Waals surface area contributed by atoms with E-state index in [1.807, 2.05) is 6.07 Å². The first kappa shape index (κ1) is 15.4. The highest BCUT2D eigenvalue weighted by molar-refractivity contribution is 9.10. The molecule has 0 fully saturated rings. The van der Waals surface area contributed by atoms with Crippen molar-refractivity contribution in [2.75, 3.05) is 0 Å². The smallest absolute Gasteiger partial charge is 0.416 e. The molecule has 0 bridgehead atoms. The quantitative estimate of drug-likeness (QED) is 0.782. The van der Waals surface area contributed by atoms with Crippen LogP contribution in [0, 0.1) is 11.3 Å². The largest absolute Gasteiger partial charge is 0.488 e. The second kappa shape index (κ2) is 6.19. The number of benzene rings is 2. The number of rotatable bonds is 3. The van der Waals surface area contributed by atoms with Crippen LogP contribution in [0.3, 0.4) is 0 Å². The van der Waals surface area contributed by atoms with Crippen LogP contribution in [0.25, 0.3) is 0 Å². The molecule has 0 aromatic heterocycles. The highest BCUT2D eigenvalue weighted by atomic mass is 79.9. The van der Waals surface area contributed by atoms with Crippen molar-refractivity contribution >= 4 is 15.9 Å². The van der Waals surface area contributed by atoms with Crippen LogP contribution in [0.15, 0.2) is 46.9 Å². The third-order valence-corrected chi connectivity index (χ3v) is 3.23. The third kappa shape index (κ3) is 3.99. The summed E-state index contributed by atoms with van der Waals surface area (Å²) < 4.78 is 43.5. The summed E-state index contributed by atoms with van der Waals surface area (Å²) in [6, 6.07) is 11.7. The van der Waals surface area contributed by atoms with Crippen LogP contribution in [0.4, 0.5) is 13.2 Å². The highest BCUT2D eigenvalue weighted by Gasteiger charge is 2.29. The Morgan fingerprint density at radius 3 is 2.33 bits per heavy atom. The van der Waals surface area contributed by atoms with Gasteiger partial charge in [-0.15, -0.1) is 0 Å². The molecule has 0 amide bonds. The molecule has 0 radical (unpaired) electrons. The van der Waals surface area contributed by atoms with Gasteiger partial charge in [-0.3, -0.25) is 0 Å². The molecular weight excluding hydrogens is 347 g/mol. The van der Waals surface area contributed by atoms with E-state index in [1.54, 1.807) is 18.2 Å². The van der Waals surface area contributed by atoms with Gasteiger partial charge in [0.2, 0.25) is 0 Å². The van der Waals surface area contributed by atoms with E-state index >= 15 is 0 Å². The van der Waals surface area contributed by atoms with Crippen LogP contribution in [0.2, 0.25) is 0 Å². The van der Waals surface area contributed by atoms with Gasteiger partial charge in [0.25, 0.3) is 0 Å². The molecule has 2 aromatic rings. The van der Waals surface area contributed by atoms with Crippen molar-refractivity contribution in [1.29, 1.82) is 5.26 Å². The molecule has 0 aliphatic rings. The van der Waals surface area contributed by atoms with Crippen molar-refractivity contribution in [1.82, 2.24) is 0 Å². The molecule has 6 heteroatoms. The summed E-state index contributed by atoms with van der Waals surface area (Å²) in [5.41, 5.74) is 0.249. The van der Waals surface area contributed by atoms with Crippen LogP contribution < -0.4 is 4.74 Å². The lowest BCUT2D eigenvalue weighted by Gasteiger charge is -2.10. The molecule has 2 aromatic carbocycles. The first-order valence-corrected chi connectivity index (χ1v) is 6.68. The van der Waals surface area contributed by atoms with Gasteiger partial charge >= 0.3 is 6.18 Å². The molecule has 0 heterocycles. The summed E-state index contributed by atoms with van der Waals surface area (Å²) in [6.45, 7) is 0.0917. The van der Waals surface area contributed by atoms with Crippen LogP contribution in [0.5, 0.6) is 5.75 Å². The highest BCUT2D eigenvalue weighted by Crippen LogP contribution is 2.29. The minimum Gasteiger partial charge on any atom is -0.488 e. The molecule has 0 N–H and O–H groups in total. The molecule has 2 nitrogen and oxygen atoms in total. The van der Waals surface area contributed by atoms with Crippen LogP contribution in [0.1, 0.15) is 16.7 Å². The lowest BCUT2D eigenvalue weighted by molar-refractivity contribution is -0.137. The molecule has 0 aliphatic heterocycles. The van der Waals surface area contributed by atoms with Gasteiger partial charge in [-0.05, 0) is 35.9 Å². The second-order valence-electron chi connectivity index (χ2n) is 4.24. The van der Waals surface area contributed by atoms with Gasteiger partial charge in [0, 0.05) is 4.47 Å². The minimum atomic E-state index is -4.35. The molecule has 0 spiro atoms. The lowest BCUT2D eigenvalue weighted by atomic mass is 10.1. The maximum Gasteiger partial charge on any atom is 0.416 e. The van der Waals surface area contributed by atoms with E-state index in [0.717, 1.165) is 16.6 Å². The molecule has 0 atom stereocenters. The summed E-state index contributed by atoms with van der Waals surface area (Å²) in [7, 11) is 0. The first-order chi connectivity index (χ1) is 9.90. The predicted molar refractivity (Wildman–Crippen MR) is 74.6 cm³/mol. The van der Waals surface area contributed by atoms with Crippen LogP contribution >= 0.6 is 15.9 Å². The number of nitrogens with zero attached hydrogens (tertiary/aromatic N) is 1. The Morgan fingerprint density at radius 1 is 1.10 bits per heavy atom. The van der Waals surface area contributed by atoms with Crippen molar-refractivity contribution < 1.29 is 17.9 Å². The zero-order valence-corrected chi connectivity index (χ0v) is 12.2. The first-order valence-electron chi connectivity index (χ1n) is 5.89. The molecule has 0 saturated heterocycles. The average molecular weight is 356 g/mol. The molecule has 0 saturated carbocycles. The molecular formula is C15H9BrF3NO. The van der Waals surface area contributed by atoms with Crippen molar-refractivity contribution in [2.45, 2.75) is 12.8 Å². The average Bonchev–Trinajstić information content (AvgIpc) is 2.45. The Morgan fingerprint density at radius 2 is 1.76 bits per heavy atom. The van der Waals surface area contributed by atoms with Crippen molar-refractivity contribution in [3.8, 4) is 11.8 Å². The van der Waals surface area contributed by atoms with E-state index in [-0.39, 0.29) is 6.61 Å². The third-order valence-electron chi connectivity index (χ3n) is 2.74. The number of hydrogen-bond acceptors (Lipinski definition) is 2. The Hall–Kier alpha value is -2.00. The molecule has 2 rings (SSSR count). The summed E-state index contributed by atoms with van der Waals surface area (Å²) in [5.74, 6) is 0.389. The Balaban J connectivity index is 2.09. The molecule has 0 unspecified atom stereocenters. The monoisotopic (exact) mass is 355 g/mol. The van der Waals surface area contributed by atoms with E-state index in [1.165, 1.54) is 12.1 Å². The molecule has 108 valence electrons. The van der Waals surface area contributed by atoms with Gasteiger partial charge < -0.3 is 4.74 Å². The van der Waals surface area contributed by atoms with E-state index in [0.29, 0.717) is 16.9 Å². The topological polar surface area (TPSA) is 33.0 Å². The molecule has 0 aliphatic carbocycles.